The van der Waals surface area contributed by atoms with Gasteiger partial charge in [-0.25, -0.2) is 0 Å². The van der Waals surface area contributed by atoms with E-state index >= 15 is 0 Å². The molecule has 2 aromatic carbocycles. The smallest absolute Gasteiger partial charge is 0.143 e. The van der Waals surface area contributed by atoms with Gasteiger partial charge in [-0.3, -0.25) is 9.78 Å². The molecule has 1 aliphatic rings. The highest BCUT2D eigenvalue weighted by Gasteiger charge is 2.12. The maximum absolute atomic E-state index is 12.4. The van der Waals surface area contributed by atoms with Gasteiger partial charge in [-0.2, -0.15) is 0 Å². The average Bonchev–Trinajstić information content (AvgIpc) is 2.75. The van der Waals surface area contributed by atoms with Crippen LogP contribution in [0.3, 0.4) is 0 Å². The Morgan fingerprint density at radius 1 is 0.857 bits per heavy atom. The molecule has 0 aliphatic carbocycles. The van der Waals surface area contributed by atoms with Crippen molar-refractivity contribution in [1.82, 2.24) is 4.98 Å². The summed E-state index contributed by atoms with van der Waals surface area (Å²) < 4.78 is 5.42. The summed E-state index contributed by atoms with van der Waals surface area (Å²) in [7, 11) is 0. The fraction of sp³-hybridized carbons (Fsp3) is 0.250. The largest absolute Gasteiger partial charge is 0.378 e. The third-order valence-electron chi connectivity index (χ3n) is 4.97. The lowest BCUT2D eigenvalue weighted by Gasteiger charge is -2.28. The Bertz CT molecular complexity index is 917. The fourth-order valence-corrected chi connectivity index (χ4v) is 3.49. The molecule has 0 radical (unpaired) electrons. The molecule has 0 spiro atoms. The lowest BCUT2D eigenvalue weighted by Crippen LogP contribution is -2.36. The molecule has 28 heavy (non-hydrogen) atoms. The summed E-state index contributed by atoms with van der Waals surface area (Å²) in [5.74, 6) is 0.179. The molecule has 1 fully saturated rings. The first-order valence-corrected chi connectivity index (χ1v) is 9.73. The Morgan fingerprint density at radius 3 is 2.36 bits per heavy atom. The number of hydrogen-bond donors (Lipinski definition) is 0. The van der Waals surface area contributed by atoms with Gasteiger partial charge in [0.2, 0.25) is 0 Å². The lowest BCUT2D eigenvalue weighted by atomic mass is 10.0. The van der Waals surface area contributed by atoms with Crippen LogP contribution in [0.1, 0.15) is 11.3 Å². The summed E-state index contributed by atoms with van der Waals surface area (Å²) in [6, 6.07) is 24.2. The average molecular weight is 372 g/mol. The molecule has 0 amide bonds. The minimum absolute atomic E-state index is 0.179. The molecule has 0 atom stereocenters. The van der Waals surface area contributed by atoms with Crippen LogP contribution in [0.2, 0.25) is 0 Å². The van der Waals surface area contributed by atoms with E-state index in [4.69, 9.17) is 9.72 Å². The zero-order valence-corrected chi connectivity index (χ0v) is 15.9. The Morgan fingerprint density at radius 2 is 1.61 bits per heavy atom. The quantitative estimate of drug-likeness (QED) is 0.657. The van der Waals surface area contributed by atoms with Crippen LogP contribution >= 0.6 is 0 Å². The number of pyridine rings is 1. The molecule has 4 nitrogen and oxygen atoms in total. The highest BCUT2D eigenvalue weighted by molar-refractivity contribution is 5.82. The van der Waals surface area contributed by atoms with Crippen molar-refractivity contribution in [3.8, 4) is 11.3 Å². The van der Waals surface area contributed by atoms with E-state index in [2.05, 4.69) is 29.2 Å². The number of ether oxygens (including phenoxy) is 1. The second-order valence-electron chi connectivity index (χ2n) is 7.04. The summed E-state index contributed by atoms with van der Waals surface area (Å²) in [5, 5.41) is 0. The van der Waals surface area contributed by atoms with Crippen LogP contribution in [0.15, 0.2) is 72.8 Å². The van der Waals surface area contributed by atoms with Gasteiger partial charge in [0.1, 0.15) is 5.78 Å². The molecule has 1 aliphatic heterocycles. The van der Waals surface area contributed by atoms with Crippen LogP contribution in [0.25, 0.3) is 11.3 Å². The Hall–Kier alpha value is -2.98. The summed E-state index contributed by atoms with van der Waals surface area (Å²) in [6.45, 7) is 3.41. The number of nitrogens with zero attached hydrogens (tertiary/aromatic N) is 2. The Kier molecular flexibility index (Phi) is 5.78. The number of carbonyl (C=O) groups excluding carboxylic acids is 1. The number of rotatable bonds is 6. The van der Waals surface area contributed by atoms with E-state index < -0.39 is 0 Å². The van der Waals surface area contributed by atoms with Gasteiger partial charge in [-0.1, -0.05) is 48.5 Å². The predicted molar refractivity (Wildman–Crippen MR) is 112 cm³/mol. The highest BCUT2D eigenvalue weighted by Crippen LogP contribution is 2.23. The van der Waals surface area contributed by atoms with E-state index in [0.29, 0.717) is 12.8 Å². The van der Waals surface area contributed by atoms with E-state index in [9.17, 15) is 4.79 Å². The van der Waals surface area contributed by atoms with E-state index in [0.717, 1.165) is 48.8 Å². The van der Waals surface area contributed by atoms with Crippen LogP contribution in [-0.2, 0) is 22.4 Å². The Balaban J connectivity index is 1.43. The van der Waals surface area contributed by atoms with Gasteiger partial charge in [0, 0.05) is 42.9 Å². The predicted octanol–water partition coefficient (Wildman–Crippen LogP) is 3.94. The van der Waals surface area contributed by atoms with Crippen molar-refractivity contribution < 1.29 is 9.53 Å². The number of morpholine rings is 1. The summed E-state index contributed by atoms with van der Waals surface area (Å²) in [4.78, 5) is 19.4. The van der Waals surface area contributed by atoms with Crippen LogP contribution in [0, 0.1) is 0 Å². The second-order valence-corrected chi connectivity index (χ2v) is 7.04. The normalized spacial score (nSPS) is 14.1. The molecule has 2 heterocycles. The first kappa shape index (κ1) is 18.4. The third kappa shape index (κ3) is 4.65. The van der Waals surface area contributed by atoms with Gasteiger partial charge >= 0.3 is 0 Å². The van der Waals surface area contributed by atoms with Crippen LogP contribution in [0.4, 0.5) is 5.69 Å². The summed E-state index contributed by atoms with van der Waals surface area (Å²) in [5.41, 5.74) is 5.03. The van der Waals surface area contributed by atoms with Crippen molar-refractivity contribution >= 4 is 11.5 Å². The van der Waals surface area contributed by atoms with Gasteiger partial charge in [0.25, 0.3) is 0 Å². The van der Waals surface area contributed by atoms with Gasteiger partial charge in [-0.05, 0) is 29.8 Å². The van der Waals surface area contributed by atoms with E-state index in [1.807, 2.05) is 48.5 Å². The number of hydrogen-bond acceptors (Lipinski definition) is 4. The molecule has 0 N–H and O–H groups in total. The van der Waals surface area contributed by atoms with E-state index in [1.54, 1.807) is 0 Å². The molecule has 3 aromatic rings. The summed E-state index contributed by atoms with van der Waals surface area (Å²) >= 11 is 0. The molecule has 142 valence electrons. The minimum Gasteiger partial charge on any atom is -0.378 e. The van der Waals surface area contributed by atoms with Crippen LogP contribution in [-0.4, -0.2) is 37.1 Å². The molecular formula is C24H24N2O2. The first-order valence-electron chi connectivity index (χ1n) is 9.73. The van der Waals surface area contributed by atoms with Crippen molar-refractivity contribution in [2.75, 3.05) is 31.2 Å². The van der Waals surface area contributed by atoms with Crippen molar-refractivity contribution in [3.63, 3.8) is 0 Å². The number of anilines is 1. The maximum Gasteiger partial charge on any atom is 0.143 e. The standard InChI is InChI=1S/C24H24N2O2/c27-23(17-19-5-2-1-3-6-19)18-21-7-4-8-24(25-21)20-9-11-22(12-10-20)26-13-15-28-16-14-26/h1-12H,13-18H2. The number of ketones is 1. The van der Waals surface area contributed by atoms with Gasteiger partial charge in [0.05, 0.1) is 18.9 Å². The molecule has 1 aromatic heterocycles. The fourth-order valence-electron chi connectivity index (χ4n) is 3.49. The molecule has 0 unspecified atom stereocenters. The van der Waals surface area contributed by atoms with Gasteiger partial charge in [0.15, 0.2) is 0 Å². The monoisotopic (exact) mass is 372 g/mol. The Labute approximate surface area is 165 Å². The van der Waals surface area contributed by atoms with Crippen molar-refractivity contribution in [2.45, 2.75) is 12.8 Å². The zero-order valence-electron chi connectivity index (χ0n) is 15.9. The molecule has 4 rings (SSSR count). The maximum atomic E-state index is 12.4. The number of aromatic nitrogens is 1. The van der Waals surface area contributed by atoms with Gasteiger partial charge < -0.3 is 9.64 Å². The second kappa shape index (κ2) is 8.81. The highest BCUT2D eigenvalue weighted by atomic mass is 16.5. The van der Waals surface area contributed by atoms with Gasteiger partial charge in [-0.15, -0.1) is 0 Å². The molecule has 0 bridgehead atoms. The zero-order chi connectivity index (χ0) is 19.2. The summed E-state index contributed by atoms with van der Waals surface area (Å²) in [6.07, 6.45) is 0.801. The molecule has 4 heteroatoms. The van der Waals surface area contributed by atoms with Crippen LogP contribution in [0.5, 0.6) is 0 Å². The molecule has 1 saturated heterocycles. The van der Waals surface area contributed by atoms with Crippen molar-refractivity contribution in [3.05, 3.63) is 84.1 Å². The van der Waals surface area contributed by atoms with Crippen molar-refractivity contribution in [2.24, 2.45) is 0 Å². The number of Topliss-reactive ketones (excluding diaryl/α,β-unsaturated/α-hetero) is 1. The lowest BCUT2D eigenvalue weighted by molar-refractivity contribution is -0.117. The van der Waals surface area contributed by atoms with E-state index in [1.165, 1.54) is 5.69 Å². The van der Waals surface area contributed by atoms with Crippen LogP contribution < -0.4 is 4.90 Å². The van der Waals surface area contributed by atoms with Crippen molar-refractivity contribution in [1.29, 1.82) is 0 Å². The molecule has 0 saturated carbocycles. The first-order chi connectivity index (χ1) is 13.8. The minimum atomic E-state index is 0.179. The SMILES string of the molecule is O=C(Cc1ccccc1)Cc1cccc(-c2ccc(N3CCOCC3)cc2)n1. The third-order valence-corrected chi connectivity index (χ3v) is 4.97. The number of benzene rings is 2. The molecular weight excluding hydrogens is 348 g/mol. The number of carbonyl (C=O) groups is 1. The topological polar surface area (TPSA) is 42.4 Å². The van der Waals surface area contributed by atoms with E-state index in [-0.39, 0.29) is 5.78 Å².